The summed E-state index contributed by atoms with van der Waals surface area (Å²) in [6.45, 7) is 1.91. The maximum atomic E-state index is 13.3. The first-order valence-corrected chi connectivity index (χ1v) is 6.43. The van der Waals surface area contributed by atoms with Crippen molar-refractivity contribution in [1.82, 2.24) is 4.90 Å². The first-order valence-electron chi connectivity index (χ1n) is 6.43. The quantitative estimate of drug-likeness (QED) is 0.766. The summed E-state index contributed by atoms with van der Waals surface area (Å²) in [6, 6.07) is 4.38. The maximum Gasteiger partial charge on any atom is 0.128 e. The van der Waals surface area contributed by atoms with Gasteiger partial charge in [0.2, 0.25) is 0 Å². The van der Waals surface area contributed by atoms with Gasteiger partial charge in [-0.15, -0.1) is 0 Å². The summed E-state index contributed by atoms with van der Waals surface area (Å²) in [5.74, 6) is 0.198. The Labute approximate surface area is 106 Å². The molecule has 0 aliphatic carbocycles. The van der Waals surface area contributed by atoms with Crippen LogP contribution in [0.5, 0.6) is 5.75 Å². The fourth-order valence-electron chi connectivity index (χ4n) is 2.94. The standard InChI is InChI=1S/C14H18FNO2/c1-16-6-4-14(5-7-16)9-12(17)11-3-2-10(15)8-13(11)18-14/h2-3,8,12,17H,4-7,9H2,1H3/t12-/m1/s1. The molecule has 0 saturated carbocycles. The summed E-state index contributed by atoms with van der Waals surface area (Å²) in [5, 5.41) is 10.2. The number of nitrogens with zero attached hydrogens (tertiary/aromatic N) is 1. The van der Waals surface area contributed by atoms with E-state index in [-0.39, 0.29) is 11.4 Å². The minimum atomic E-state index is -0.544. The molecule has 0 amide bonds. The number of rotatable bonds is 0. The number of aliphatic hydroxyl groups excluding tert-OH is 1. The Morgan fingerprint density at radius 2 is 2.11 bits per heavy atom. The molecular formula is C14H18FNO2. The van der Waals surface area contributed by atoms with Crippen molar-refractivity contribution >= 4 is 0 Å². The van der Waals surface area contributed by atoms with Gasteiger partial charge in [-0.25, -0.2) is 4.39 Å². The van der Waals surface area contributed by atoms with Gasteiger partial charge in [-0.05, 0) is 32.0 Å². The van der Waals surface area contributed by atoms with Gasteiger partial charge in [0.1, 0.15) is 17.2 Å². The third-order valence-electron chi connectivity index (χ3n) is 4.12. The summed E-state index contributed by atoms with van der Waals surface area (Å²) in [4.78, 5) is 2.25. The monoisotopic (exact) mass is 251 g/mol. The molecule has 1 N–H and O–H groups in total. The lowest BCUT2D eigenvalue weighted by Gasteiger charge is -2.45. The molecule has 18 heavy (non-hydrogen) atoms. The Hall–Kier alpha value is -1.13. The van der Waals surface area contributed by atoms with Crippen LogP contribution >= 0.6 is 0 Å². The average molecular weight is 251 g/mol. The molecule has 1 atom stereocenters. The van der Waals surface area contributed by atoms with Crippen molar-refractivity contribution in [3.63, 3.8) is 0 Å². The van der Waals surface area contributed by atoms with Crippen LogP contribution in [0, 0.1) is 5.82 Å². The van der Waals surface area contributed by atoms with Crippen molar-refractivity contribution in [2.75, 3.05) is 20.1 Å². The third-order valence-corrected chi connectivity index (χ3v) is 4.12. The molecule has 3 nitrogen and oxygen atoms in total. The minimum Gasteiger partial charge on any atom is -0.487 e. The van der Waals surface area contributed by atoms with E-state index < -0.39 is 6.10 Å². The van der Waals surface area contributed by atoms with Crippen LogP contribution in [0.3, 0.4) is 0 Å². The predicted molar refractivity (Wildman–Crippen MR) is 66.1 cm³/mol. The summed E-state index contributed by atoms with van der Waals surface area (Å²) < 4.78 is 19.3. The Kier molecular flexibility index (Phi) is 2.79. The van der Waals surface area contributed by atoms with E-state index in [9.17, 15) is 9.50 Å². The van der Waals surface area contributed by atoms with Gasteiger partial charge < -0.3 is 14.7 Å². The van der Waals surface area contributed by atoms with Crippen LogP contribution in [0.25, 0.3) is 0 Å². The van der Waals surface area contributed by atoms with Gasteiger partial charge in [-0.3, -0.25) is 0 Å². The van der Waals surface area contributed by atoms with E-state index in [1.807, 2.05) is 0 Å². The van der Waals surface area contributed by atoms with Crippen molar-refractivity contribution < 1.29 is 14.2 Å². The molecule has 98 valence electrons. The van der Waals surface area contributed by atoms with Gasteiger partial charge in [0.15, 0.2) is 0 Å². The van der Waals surface area contributed by atoms with Crippen molar-refractivity contribution in [2.45, 2.75) is 31.0 Å². The van der Waals surface area contributed by atoms with Crippen LogP contribution in [-0.2, 0) is 0 Å². The Morgan fingerprint density at radius 3 is 2.83 bits per heavy atom. The van der Waals surface area contributed by atoms with Gasteiger partial charge in [0, 0.05) is 31.1 Å². The Bertz CT molecular complexity index is 455. The predicted octanol–water partition coefficient (Wildman–Crippen LogP) is 2.11. The van der Waals surface area contributed by atoms with Crippen LogP contribution in [0.2, 0.25) is 0 Å². The highest BCUT2D eigenvalue weighted by Crippen LogP contribution is 2.44. The van der Waals surface area contributed by atoms with E-state index in [4.69, 9.17) is 4.74 Å². The van der Waals surface area contributed by atoms with Gasteiger partial charge in [0.05, 0.1) is 6.10 Å². The van der Waals surface area contributed by atoms with E-state index in [1.165, 1.54) is 12.1 Å². The molecule has 4 heteroatoms. The zero-order valence-electron chi connectivity index (χ0n) is 10.5. The average Bonchev–Trinajstić information content (AvgIpc) is 2.33. The number of hydrogen-bond acceptors (Lipinski definition) is 3. The summed E-state index contributed by atoms with van der Waals surface area (Å²) >= 11 is 0. The molecule has 2 aliphatic heterocycles. The number of piperidine rings is 1. The highest BCUT2D eigenvalue weighted by Gasteiger charge is 2.42. The molecule has 1 saturated heterocycles. The van der Waals surface area contributed by atoms with Gasteiger partial charge in [-0.2, -0.15) is 0 Å². The number of likely N-dealkylation sites (tertiary alicyclic amines) is 1. The van der Waals surface area contributed by atoms with Gasteiger partial charge in [-0.1, -0.05) is 0 Å². The molecule has 0 unspecified atom stereocenters. The lowest BCUT2D eigenvalue weighted by atomic mass is 9.82. The second kappa shape index (κ2) is 4.21. The third kappa shape index (κ3) is 1.99. The lowest BCUT2D eigenvalue weighted by Crippen LogP contribution is -2.49. The lowest BCUT2D eigenvalue weighted by molar-refractivity contribution is -0.0505. The Morgan fingerprint density at radius 1 is 1.39 bits per heavy atom. The fraction of sp³-hybridized carbons (Fsp3) is 0.571. The van der Waals surface area contributed by atoms with E-state index in [0.29, 0.717) is 17.7 Å². The largest absolute Gasteiger partial charge is 0.487 e. The van der Waals surface area contributed by atoms with E-state index in [0.717, 1.165) is 25.9 Å². The summed E-state index contributed by atoms with van der Waals surface area (Å²) in [6.07, 6.45) is 1.84. The zero-order valence-corrected chi connectivity index (χ0v) is 10.5. The number of hydrogen-bond donors (Lipinski definition) is 1. The number of aliphatic hydroxyl groups is 1. The SMILES string of the molecule is CN1CCC2(CC1)C[C@@H](O)c1ccc(F)cc1O2. The molecule has 1 aromatic carbocycles. The molecular weight excluding hydrogens is 233 g/mol. The number of halogens is 1. The fourth-order valence-corrected chi connectivity index (χ4v) is 2.94. The first kappa shape index (κ1) is 11.9. The number of benzene rings is 1. The highest BCUT2D eigenvalue weighted by atomic mass is 19.1. The molecule has 0 bridgehead atoms. The molecule has 1 spiro atoms. The van der Waals surface area contributed by atoms with E-state index >= 15 is 0 Å². The molecule has 1 fully saturated rings. The number of ether oxygens (including phenoxy) is 1. The number of fused-ring (bicyclic) bond motifs is 1. The highest BCUT2D eigenvalue weighted by molar-refractivity contribution is 5.38. The Balaban J connectivity index is 1.90. The van der Waals surface area contributed by atoms with E-state index in [1.54, 1.807) is 6.07 Å². The molecule has 2 aliphatic rings. The molecule has 2 heterocycles. The molecule has 1 aromatic rings. The van der Waals surface area contributed by atoms with E-state index in [2.05, 4.69) is 11.9 Å². The summed E-state index contributed by atoms with van der Waals surface area (Å²) in [5.41, 5.74) is 0.396. The smallest absolute Gasteiger partial charge is 0.128 e. The second-order valence-electron chi connectivity index (χ2n) is 5.49. The van der Waals surface area contributed by atoms with Crippen LogP contribution in [-0.4, -0.2) is 35.7 Å². The first-order chi connectivity index (χ1) is 8.58. The van der Waals surface area contributed by atoms with Crippen LogP contribution in [0.15, 0.2) is 18.2 Å². The van der Waals surface area contributed by atoms with Crippen molar-refractivity contribution in [1.29, 1.82) is 0 Å². The minimum absolute atomic E-state index is 0.313. The normalized spacial score (nSPS) is 26.7. The van der Waals surface area contributed by atoms with Crippen molar-refractivity contribution in [2.24, 2.45) is 0 Å². The second-order valence-corrected chi connectivity index (χ2v) is 5.49. The van der Waals surface area contributed by atoms with Crippen molar-refractivity contribution in [3.8, 4) is 5.75 Å². The van der Waals surface area contributed by atoms with Crippen LogP contribution in [0.1, 0.15) is 30.9 Å². The summed E-state index contributed by atoms with van der Waals surface area (Å²) in [7, 11) is 2.08. The molecule has 0 radical (unpaired) electrons. The van der Waals surface area contributed by atoms with Crippen LogP contribution in [0.4, 0.5) is 4.39 Å². The van der Waals surface area contributed by atoms with Crippen LogP contribution < -0.4 is 4.74 Å². The van der Waals surface area contributed by atoms with Gasteiger partial charge >= 0.3 is 0 Å². The maximum absolute atomic E-state index is 13.3. The topological polar surface area (TPSA) is 32.7 Å². The van der Waals surface area contributed by atoms with Crippen molar-refractivity contribution in [3.05, 3.63) is 29.6 Å². The van der Waals surface area contributed by atoms with Gasteiger partial charge in [0.25, 0.3) is 0 Å². The molecule has 3 rings (SSSR count). The molecule has 0 aromatic heterocycles. The zero-order chi connectivity index (χ0) is 12.8.